The van der Waals surface area contributed by atoms with Crippen molar-refractivity contribution in [2.75, 3.05) is 0 Å². The van der Waals surface area contributed by atoms with Crippen molar-refractivity contribution < 1.29 is 9.84 Å². The maximum atomic E-state index is 9.57. The van der Waals surface area contributed by atoms with Crippen LogP contribution < -0.4 is 4.74 Å². The molecule has 0 aliphatic heterocycles. The lowest BCUT2D eigenvalue weighted by Crippen LogP contribution is -1.97. The first-order valence-electron chi connectivity index (χ1n) is 6.48. The molecule has 2 rings (SSSR count). The molecule has 0 saturated heterocycles. The van der Waals surface area contributed by atoms with Crippen LogP contribution in [-0.2, 0) is 0 Å². The fourth-order valence-corrected chi connectivity index (χ4v) is 1.90. The fraction of sp³-hybridized carbons (Fsp3) is 0.312. The van der Waals surface area contributed by atoms with E-state index >= 15 is 0 Å². The maximum Gasteiger partial charge on any atom is 0.219 e. The lowest BCUT2D eigenvalue weighted by Gasteiger charge is -2.13. The van der Waals surface area contributed by atoms with E-state index in [4.69, 9.17) is 4.74 Å². The first-order chi connectivity index (χ1) is 9.08. The molecule has 3 heteroatoms. The fourth-order valence-electron chi connectivity index (χ4n) is 1.90. The van der Waals surface area contributed by atoms with E-state index in [1.165, 1.54) is 0 Å². The summed E-state index contributed by atoms with van der Waals surface area (Å²) in [5.74, 6) is 1.70. The SMILES string of the molecule is CC(C)c1ccccc1Oc1cc([C@@H](C)O)ccn1. The van der Waals surface area contributed by atoms with Gasteiger partial charge in [-0.25, -0.2) is 4.98 Å². The van der Waals surface area contributed by atoms with Gasteiger partial charge in [-0.05, 0) is 36.1 Å². The summed E-state index contributed by atoms with van der Waals surface area (Å²) in [4.78, 5) is 4.18. The topological polar surface area (TPSA) is 42.4 Å². The second-order valence-electron chi connectivity index (χ2n) is 4.90. The largest absolute Gasteiger partial charge is 0.439 e. The van der Waals surface area contributed by atoms with E-state index in [0.717, 1.165) is 16.9 Å². The molecule has 0 spiro atoms. The Kier molecular flexibility index (Phi) is 4.17. The third kappa shape index (κ3) is 3.32. The summed E-state index contributed by atoms with van der Waals surface area (Å²) in [6.07, 6.45) is 1.13. The first-order valence-corrected chi connectivity index (χ1v) is 6.48. The molecular weight excluding hydrogens is 238 g/mol. The van der Waals surface area contributed by atoms with Crippen molar-refractivity contribution >= 4 is 0 Å². The Hall–Kier alpha value is -1.87. The minimum absolute atomic E-state index is 0.385. The first kappa shape index (κ1) is 13.6. The average molecular weight is 257 g/mol. The summed E-state index contributed by atoms with van der Waals surface area (Å²) in [5, 5.41) is 9.57. The Bertz CT molecular complexity index is 550. The Morgan fingerprint density at radius 1 is 1.11 bits per heavy atom. The minimum atomic E-state index is -0.523. The molecule has 1 N–H and O–H groups in total. The van der Waals surface area contributed by atoms with Gasteiger partial charge in [0.2, 0.25) is 5.88 Å². The molecule has 0 aliphatic carbocycles. The Balaban J connectivity index is 2.29. The molecule has 0 aliphatic rings. The summed E-state index contributed by atoms with van der Waals surface area (Å²) in [6.45, 7) is 5.98. The van der Waals surface area contributed by atoms with Crippen molar-refractivity contribution in [2.45, 2.75) is 32.8 Å². The van der Waals surface area contributed by atoms with Gasteiger partial charge in [-0.3, -0.25) is 0 Å². The number of ether oxygens (including phenoxy) is 1. The van der Waals surface area contributed by atoms with Crippen LogP contribution in [0.3, 0.4) is 0 Å². The van der Waals surface area contributed by atoms with E-state index < -0.39 is 6.10 Å². The van der Waals surface area contributed by atoms with Crippen molar-refractivity contribution in [1.82, 2.24) is 4.98 Å². The van der Waals surface area contributed by atoms with E-state index in [1.54, 1.807) is 25.3 Å². The van der Waals surface area contributed by atoms with E-state index in [9.17, 15) is 5.11 Å². The summed E-state index contributed by atoms with van der Waals surface area (Å²) in [6, 6.07) is 11.5. The Morgan fingerprint density at radius 2 is 1.84 bits per heavy atom. The highest BCUT2D eigenvalue weighted by Crippen LogP contribution is 2.30. The molecule has 2 aromatic rings. The zero-order valence-electron chi connectivity index (χ0n) is 11.5. The summed E-state index contributed by atoms with van der Waals surface area (Å²) in [7, 11) is 0. The van der Waals surface area contributed by atoms with Crippen molar-refractivity contribution in [3.8, 4) is 11.6 Å². The van der Waals surface area contributed by atoms with Crippen molar-refractivity contribution in [2.24, 2.45) is 0 Å². The number of para-hydroxylation sites is 1. The van der Waals surface area contributed by atoms with Crippen LogP contribution in [-0.4, -0.2) is 10.1 Å². The van der Waals surface area contributed by atoms with Gasteiger partial charge in [0.05, 0.1) is 6.10 Å². The second-order valence-corrected chi connectivity index (χ2v) is 4.90. The molecule has 0 saturated carbocycles. The molecule has 0 radical (unpaired) electrons. The Labute approximate surface area is 113 Å². The number of nitrogens with zero attached hydrogens (tertiary/aromatic N) is 1. The Morgan fingerprint density at radius 3 is 2.53 bits per heavy atom. The normalized spacial score (nSPS) is 12.5. The van der Waals surface area contributed by atoms with E-state index in [1.807, 2.05) is 18.2 Å². The number of hydrogen-bond donors (Lipinski definition) is 1. The van der Waals surface area contributed by atoms with Gasteiger partial charge in [0.1, 0.15) is 5.75 Å². The standard InChI is InChI=1S/C16H19NO2/c1-11(2)14-6-4-5-7-15(14)19-16-10-13(12(3)18)8-9-17-16/h4-12,18H,1-3H3/t12-/m1/s1. The van der Waals surface area contributed by atoms with E-state index in [-0.39, 0.29) is 0 Å². The predicted molar refractivity (Wildman–Crippen MR) is 75.5 cm³/mol. The van der Waals surface area contributed by atoms with Gasteiger partial charge in [0.25, 0.3) is 0 Å². The van der Waals surface area contributed by atoms with Crippen molar-refractivity contribution in [3.63, 3.8) is 0 Å². The predicted octanol–water partition coefficient (Wildman–Crippen LogP) is 4.05. The minimum Gasteiger partial charge on any atom is -0.439 e. The van der Waals surface area contributed by atoms with Gasteiger partial charge in [-0.15, -0.1) is 0 Å². The van der Waals surface area contributed by atoms with Gasteiger partial charge in [-0.1, -0.05) is 32.0 Å². The van der Waals surface area contributed by atoms with E-state index in [0.29, 0.717) is 11.8 Å². The molecule has 19 heavy (non-hydrogen) atoms. The maximum absolute atomic E-state index is 9.57. The number of rotatable bonds is 4. The number of benzene rings is 1. The quantitative estimate of drug-likeness (QED) is 0.898. The third-order valence-corrected chi connectivity index (χ3v) is 3.00. The van der Waals surface area contributed by atoms with Crippen molar-refractivity contribution in [3.05, 3.63) is 53.7 Å². The van der Waals surface area contributed by atoms with Crippen LogP contribution >= 0.6 is 0 Å². The van der Waals surface area contributed by atoms with Gasteiger partial charge >= 0.3 is 0 Å². The van der Waals surface area contributed by atoms with Crippen LogP contribution in [0.4, 0.5) is 0 Å². The van der Waals surface area contributed by atoms with Crippen LogP contribution in [0.15, 0.2) is 42.6 Å². The molecule has 3 nitrogen and oxygen atoms in total. The van der Waals surface area contributed by atoms with Gasteiger partial charge < -0.3 is 9.84 Å². The van der Waals surface area contributed by atoms with Crippen molar-refractivity contribution in [1.29, 1.82) is 0 Å². The average Bonchev–Trinajstić information content (AvgIpc) is 2.39. The lowest BCUT2D eigenvalue weighted by molar-refractivity contribution is 0.198. The molecule has 1 heterocycles. The molecule has 100 valence electrons. The zero-order chi connectivity index (χ0) is 13.8. The zero-order valence-corrected chi connectivity index (χ0v) is 11.5. The molecule has 1 atom stereocenters. The second kappa shape index (κ2) is 5.85. The third-order valence-electron chi connectivity index (χ3n) is 3.00. The monoisotopic (exact) mass is 257 g/mol. The lowest BCUT2D eigenvalue weighted by atomic mass is 10.0. The van der Waals surface area contributed by atoms with Crippen LogP contribution in [0.5, 0.6) is 11.6 Å². The van der Waals surface area contributed by atoms with Crippen LogP contribution in [0.25, 0.3) is 0 Å². The molecule has 0 bridgehead atoms. The molecule has 0 amide bonds. The molecule has 1 aromatic carbocycles. The van der Waals surface area contributed by atoms with Gasteiger partial charge in [0, 0.05) is 12.3 Å². The number of hydrogen-bond acceptors (Lipinski definition) is 3. The molecule has 0 fully saturated rings. The number of aliphatic hydroxyl groups is 1. The van der Waals surface area contributed by atoms with Gasteiger partial charge in [-0.2, -0.15) is 0 Å². The number of pyridine rings is 1. The van der Waals surface area contributed by atoms with Gasteiger partial charge in [0.15, 0.2) is 0 Å². The molecule has 1 aromatic heterocycles. The highest BCUT2D eigenvalue weighted by Gasteiger charge is 2.09. The smallest absolute Gasteiger partial charge is 0.219 e. The van der Waals surface area contributed by atoms with E-state index in [2.05, 4.69) is 24.9 Å². The van der Waals surface area contributed by atoms with Crippen LogP contribution in [0.2, 0.25) is 0 Å². The summed E-state index contributed by atoms with van der Waals surface area (Å²) in [5.41, 5.74) is 1.94. The highest BCUT2D eigenvalue weighted by atomic mass is 16.5. The molecule has 0 unspecified atom stereocenters. The van der Waals surface area contributed by atoms with Crippen LogP contribution in [0.1, 0.15) is 43.9 Å². The number of aromatic nitrogens is 1. The summed E-state index contributed by atoms with van der Waals surface area (Å²) < 4.78 is 5.84. The molecular formula is C16H19NO2. The highest BCUT2D eigenvalue weighted by molar-refractivity contribution is 5.38. The summed E-state index contributed by atoms with van der Waals surface area (Å²) >= 11 is 0. The number of aliphatic hydroxyl groups excluding tert-OH is 1. The van der Waals surface area contributed by atoms with Crippen LogP contribution in [0, 0.1) is 0 Å².